The second-order valence-electron chi connectivity index (χ2n) is 6.52. The Hall–Kier alpha value is -0.890. The molecule has 2 rings (SSSR count). The molecule has 0 amide bonds. The van der Waals surface area contributed by atoms with Gasteiger partial charge in [0.15, 0.2) is 6.10 Å². The molecule has 0 bridgehead atoms. The quantitative estimate of drug-likeness (QED) is 0.397. The van der Waals surface area contributed by atoms with Crippen LogP contribution in [-0.4, -0.2) is 69.6 Å². The first-order chi connectivity index (χ1) is 11.1. The molecule has 1 saturated heterocycles. The van der Waals surface area contributed by atoms with Crippen LogP contribution in [0.15, 0.2) is 4.99 Å². The van der Waals surface area contributed by atoms with Crippen molar-refractivity contribution < 1.29 is 25.2 Å². The monoisotopic (exact) mass is 330 g/mol. The molecule has 7 heteroatoms. The van der Waals surface area contributed by atoms with Gasteiger partial charge < -0.3 is 30.5 Å². The molecule has 0 aromatic carbocycles. The number of aliphatic hydroxyl groups excluding tert-OH is 4. The summed E-state index contributed by atoms with van der Waals surface area (Å²) >= 11 is 0. The highest BCUT2D eigenvalue weighted by Crippen LogP contribution is 2.27. The van der Waals surface area contributed by atoms with Gasteiger partial charge in [0, 0.05) is 6.54 Å². The number of nitrogens with one attached hydrogen (secondary N) is 1. The Bertz CT molecular complexity index is 369. The Kier molecular flexibility index (Phi) is 7.08. The molecule has 1 aliphatic heterocycles. The van der Waals surface area contributed by atoms with Crippen molar-refractivity contribution in [1.29, 1.82) is 0 Å². The van der Waals surface area contributed by atoms with Gasteiger partial charge in [-0.3, -0.25) is 0 Å². The van der Waals surface area contributed by atoms with E-state index in [1.54, 1.807) is 0 Å². The van der Waals surface area contributed by atoms with Gasteiger partial charge in [0.25, 0.3) is 6.02 Å². The number of unbranched alkanes of at least 4 members (excludes halogenated alkanes) is 6. The summed E-state index contributed by atoms with van der Waals surface area (Å²) < 4.78 is 5.48. The van der Waals surface area contributed by atoms with Crippen LogP contribution < -0.4 is 5.32 Å². The number of fused-ring (bicyclic) bond motifs is 1. The van der Waals surface area contributed by atoms with Crippen molar-refractivity contribution >= 4 is 6.02 Å². The van der Waals surface area contributed by atoms with Crippen LogP contribution in [0.4, 0.5) is 0 Å². The standard InChI is InChI=1S/C16H30N2O5/c1-2-3-4-5-6-7-8-9-17-16-18-10-11(19)12(20)13(21)14(22)15(10)23-16/h10-15,19-22H,2-9H2,1H3,(H,17,18)/t10-,11-,12+,13-,14+,15+/m0/s1. The average Bonchev–Trinajstić information content (AvgIpc) is 2.98. The first kappa shape index (κ1) is 18.4. The van der Waals surface area contributed by atoms with E-state index in [2.05, 4.69) is 17.2 Å². The van der Waals surface area contributed by atoms with Gasteiger partial charge in [0.1, 0.15) is 24.4 Å². The van der Waals surface area contributed by atoms with E-state index in [4.69, 9.17) is 4.74 Å². The number of rotatable bonds is 8. The molecular formula is C16H30N2O5. The maximum Gasteiger partial charge on any atom is 0.285 e. The molecule has 5 N–H and O–H groups in total. The van der Waals surface area contributed by atoms with Gasteiger partial charge in [-0.1, -0.05) is 45.4 Å². The number of nitrogens with zero attached hydrogens (tertiary/aromatic N) is 1. The molecule has 7 nitrogen and oxygen atoms in total. The maximum atomic E-state index is 9.95. The highest BCUT2D eigenvalue weighted by Gasteiger charge is 2.53. The third-order valence-corrected chi connectivity index (χ3v) is 4.66. The van der Waals surface area contributed by atoms with Gasteiger partial charge in [-0.25, -0.2) is 4.99 Å². The second-order valence-corrected chi connectivity index (χ2v) is 6.52. The fraction of sp³-hybridized carbons (Fsp3) is 0.938. The van der Waals surface area contributed by atoms with Gasteiger partial charge in [0.05, 0.1) is 6.04 Å². The largest absolute Gasteiger partial charge is 0.457 e. The number of ether oxygens (including phenoxy) is 1. The van der Waals surface area contributed by atoms with E-state index >= 15 is 0 Å². The molecule has 0 aromatic heterocycles. The lowest BCUT2D eigenvalue weighted by molar-refractivity contribution is -0.174. The fourth-order valence-corrected chi connectivity index (χ4v) is 3.17. The van der Waals surface area contributed by atoms with Crippen LogP contribution >= 0.6 is 0 Å². The molecule has 134 valence electrons. The minimum Gasteiger partial charge on any atom is -0.457 e. The smallest absolute Gasteiger partial charge is 0.285 e. The van der Waals surface area contributed by atoms with Crippen molar-refractivity contribution in [3.63, 3.8) is 0 Å². The molecule has 0 aromatic rings. The number of aliphatic hydroxyl groups is 4. The van der Waals surface area contributed by atoms with Crippen molar-refractivity contribution in [3.05, 3.63) is 0 Å². The lowest BCUT2D eigenvalue weighted by Crippen LogP contribution is -2.64. The van der Waals surface area contributed by atoms with E-state index in [1.165, 1.54) is 32.1 Å². The summed E-state index contributed by atoms with van der Waals surface area (Å²) in [5.74, 6) is 0. The van der Waals surface area contributed by atoms with Crippen molar-refractivity contribution in [3.8, 4) is 0 Å². The summed E-state index contributed by atoms with van der Waals surface area (Å²) in [5, 5.41) is 42.1. The Balaban J connectivity index is 1.72. The molecule has 6 atom stereocenters. The van der Waals surface area contributed by atoms with Gasteiger partial charge in [0.2, 0.25) is 0 Å². The van der Waals surface area contributed by atoms with Gasteiger partial charge in [-0.2, -0.15) is 0 Å². The molecule has 0 unspecified atom stereocenters. The lowest BCUT2D eigenvalue weighted by atomic mass is 9.84. The fourth-order valence-electron chi connectivity index (χ4n) is 3.17. The first-order valence-corrected chi connectivity index (χ1v) is 8.76. The third-order valence-electron chi connectivity index (χ3n) is 4.66. The zero-order valence-electron chi connectivity index (χ0n) is 13.8. The summed E-state index contributed by atoms with van der Waals surface area (Å²) in [6.07, 6.45) is 2.32. The van der Waals surface area contributed by atoms with Crippen LogP contribution in [0.5, 0.6) is 0 Å². The second kappa shape index (κ2) is 8.82. The topological polar surface area (TPSA) is 115 Å². The molecule has 1 aliphatic carbocycles. The van der Waals surface area contributed by atoms with Crippen LogP contribution in [-0.2, 0) is 4.74 Å². The van der Waals surface area contributed by atoms with Gasteiger partial charge >= 0.3 is 0 Å². The Morgan fingerprint density at radius 2 is 1.48 bits per heavy atom. The normalized spacial score (nSPS) is 38.2. The predicted molar refractivity (Wildman–Crippen MR) is 86.1 cm³/mol. The van der Waals surface area contributed by atoms with Crippen molar-refractivity contribution in [2.75, 3.05) is 6.54 Å². The van der Waals surface area contributed by atoms with E-state index in [1.807, 2.05) is 0 Å². The predicted octanol–water partition coefficient (Wildman–Crippen LogP) is -0.0928. The van der Waals surface area contributed by atoms with Crippen LogP contribution in [0.3, 0.4) is 0 Å². The van der Waals surface area contributed by atoms with Crippen LogP contribution in [0, 0.1) is 0 Å². The summed E-state index contributed by atoms with van der Waals surface area (Å²) in [4.78, 5) is 4.30. The van der Waals surface area contributed by atoms with Crippen molar-refractivity contribution in [1.82, 2.24) is 5.32 Å². The average molecular weight is 330 g/mol. The summed E-state index contributed by atoms with van der Waals surface area (Å²) in [5.41, 5.74) is 0. The molecular weight excluding hydrogens is 300 g/mol. The molecule has 2 aliphatic rings. The molecule has 1 heterocycles. The minimum absolute atomic E-state index is 0.269. The van der Waals surface area contributed by atoms with E-state index in [0.29, 0.717) is 6.54 Å². The molecule has 1 saturated carbocycles. The zero-order valence-corrected chi connectivity index (χ0v) is 13.8. The van der Waals surface area contributed by atoms with E-state index in [9.17, 15) is 20.4 Å². The van der Waals surface area contributed by atoms with Gasteiger partial charge in [-0.15, -0.1) is 0 Å². The van der Waals surface area contributed by atoms with Crippen molar-refractivity contribution in [2.45, 2.75) is 88.4 Å². The minimum atomic E-state index is -1.42. The number of hydrogen-bond donors (Lipinski definition) is 5. The number of amidine groups is 1. The molecule has 0 spiro atoms. The Labute approximate surface area is 137 Å². The molecule has 23 heavy (non-hydrogen) atoms. The summed E-state index contributed by atoms with van der Waals surface area (Å²) in [7, 11) is 0. The highest BCUT2D eigenvalue weighted by atomic mass is 16.5. The summed E-state index contributed by atoms with van der Waals surface area (Å²) in [6, 6.07) is -0.387. The lowest BCUT2D eigenvalue weighted by Gasteiger charge is -2.38. The SMILES string of the molecule is CCCCCCCCCN=C1N[C@H]2[C@H](O)[C@@H](O)[C@H](O)[C@@H](O)[C@@H]2O1. The number of hydrogen-bond acceptors (Lipinski definition) is 6. The summed E-state index contributed by atoms with van der Waals surface area (Å²) in [6.45, 7) is 2.82. The van der Waals surface area contributed by atoms with Gasteiger partial charge in [-0.05, 0) is 6.42 Å². The van der Waals surface area contributed by atoms with Crippen LogP contribution in [0.2, 0.25) is 0 Å². The molecule has 0 radical (unpaired) electrons. The zero-order chi connectivity index (χ0) is 16.8. The van der Waals surface area contributed by atoms with E-state index in [0.717, 1.165) is 12.8 Å². The first-order valence-electron chi connectivity index (χ1n) is 8.76. The Morgan fingerprint density at radius 3 is 2.17 bits per heavy atom. The van der Waals surface area contributed by atoms with Crippen LogP contribution in [0.1, 0.15) is 51.9 Å². The van der Waals surface area contributed by atoms with Crippen LogP contribution in [0.25, 0.3) is 0 Å². The van der Waals surface area contributed by atoms with E-state index in [-0.39, 0.29) is 6.02 Å². The Morgan fingerprint density at radius 1 is 0.870 bits per heavy atom. The maximum absolute atomic E-state index is 9.95. The number of aliphatic imine (C=N–C) groups is 1. The molecule has 2 fully saturated rings. The highest BCUT2D eigenvalue weighted by molar-refractivity contribution is 5.76. The van der Waals surface area contributed by atoms with Crippen molar-refractivity contribution in [2.24, 2.45) is 4.99 Å². The third kappa shape index (κ3) is 4.56. The van der Waals surface area contributed by atoms with E-state index < -0.39 is 36.6 Å².